The summed E-state index contributed by atoms with van der Waals surface area (Å²) in [6.45, 7) is 2.06. The van der Waals surface area contributed by atoms with Crippen molar-refractivity contribution in [1.29, 1.82) is 0 Å². The van der Waals surface area contributed by atoms with Crippen molar-refractivity contribution >= 4 is 48.2 Å². The second kappa shape index (κ2) is 4.92. The molecule has 0 spiro atoms. The maximum atomic E-state index is 13.0. The lowest BCUT2D eigenvalue weighted by molar-refractivity contribution is 1.51. The van der Waals surface area contributed by atoms with E-state index in [1.165, 1.54) is 0 Å². The van der Waals surface area contributed by atoms with Crippen LogP contribution in [0, 0.1) is 6.92 Å². The highest BCUT2D eigenvalue weighted by Crippen LogP contribution is 2.29. The van der Waals surface area contributed by atoms with Gasteiger partial charge >= 0.3 is 0 Å². The van der Waals surface area contributed by atoms with Crippen molar-refractivity contribution < 1.29 is 0 Å². The summed E-state index contributed by atoms with van der Waals surface area (Å²) >= 11 is 3.48. The first-order chi connectivity index (χ1) is 10.6. The summed E-state index contributed by atoms with van der Waals surface area (Å²) in [6, 6.07) is 20.2. The number of benzene rings is 3. The number of hydrogen-bond acceptors (Lipinski definition) is 1. The van der Waals surface area contributed by atoms with Crippen LogP contribution in [-0.4, -0.2) is 0 Å². The highest BCUT2D eigenvalue weighted by atomic mass is 79.9. The van der Waals surface area contributed by atoms with Gasteiger partial charge in [0.2, 0.25) is 0 Å². The van der Waals surface area contributed by atoms with Gasteiger partial charge in [-0.2, -0.15) is 0 Å². The van der Waals surface area contributed by atoms with E-state index in [9.17, 15) is 4.79 Å². The molecule has 0 unspecified atom stereocenters. The van der Waals surface area contributed by atoms with Crippen LogP contribution >= 0.6 is 15.9 Å². The van der Waals surface area contributed by atoms with Crippen LogP contribution in [0.3, 0.4) is 0 Å². The molecule has 0 N–H and O–H groups in total. The Bertz CT molecular complexity index is 1110. The average molecular weight is 349 g/mol. The smallest absolute Gasteiger partial charge is 0.194 e. The molecule has 0 aliphatic rings. The second-order valence-electron chi connectivity index (χ2n) is 5.61. The minimum Gasteiger partial charge on any atom is -0.289 e. The Morgan fingerprint density at radius 3 is 2.09 bits per heavy atom. The van der Waals surface area contributed by atoms with Crippen molar-refractivity contribution in [1.82, 2.24) is 0 Å². The molecule has 0 radical (unpaired) electrons. The van der Waals surface area contributed by atoms with E-state index in [0.717, 1.165) is 42.4 Å². The lowest BCUT2D eigenvalue weighted by Gasteiger charge is -2.00. The fraction of sp³-hybridized carbons (Fsp3) is 0.0500. The van der Waals surface area contributed by atoms with E-state index in [1.54, 1.807) is 0 Å². The van der Waals surface area contributed by atoms with Crippen LogP contribution in [-0.2, 0) is 0 Å². The van der Waals surface area contributed by atoms with E-state index in [0.29, 0.717) is 0 Å². The first kappa shape index (κ1) is 13.5. The maximum Gasteiger partial charge on any atom is 0.194 e. The van der Waals surface area contributed by atoms with Gasteiger partial charge in [0.15, 0.2) is 5.43 Å². The number of aryl methyl sites for hydroxylation is 1. The summed E-state index contributed by atoms with van der Waals surface area (Å²) in [5, 5.41) is 5.78. The fourth-order valence-electron chi connectivity index (χ4n) is 3.12. The molecule has 0 saturated carbocycles. The average Bonchev–Trinajstić information content (AvgIpc) is 2.62. The number of halogens is 1. The summed E-state index contributed by atoms with van der Waals surface area (Å²) in [4.78, 5) is 13.0. The molecule has 2 heteroatoms. The van der Waals surface area contributed by atoms with Crippen molar-refractivity contribution in [3.63, 3.8) is 0 Å². The van der Waals surface area contributed by atoms with E-state index >= 15 is 0 Å². The first-order valence-electron chi connectivity index (χ1n) is 7.20. The Kier molecular flexibility index (Phi) is 3.02. The first-order valence-corrected chi connectivity index (χ1v) is 7.99. The van der Waals surface area contributed by atoms with Gasteiger partial charge in [-0.05, 0) is 40.6 Å². The minimum atomic E-state index is 0.0856. The molecular formula is C20H13BrO. The molecule has 4 aromatic carbocycles. The van der Waals surface area contributed by atoms with Crippen LogP contribution in [0.4, 0.5) is 0 Å². The summed E-state index contributed by atoms with van der Waals surface area (Å²) < 4.78 is 0.924. The zero-order valence-electron chi connectivity index (χ0n) is 12.1. The summed E-state index contributed by atoms with van der Waals surface area (Å²) in [7, 11) is 0. The van der Waals surface area contributed by atoms with Crippen LogP contribution in [0.2, 0.25) is 0 Å². The van der Waals surface area contributed by atoms with Crippen LogP contribution in [0.15, 0.2) is 69.9 Å². The Labute approximate surface area is 136 Å². The van der Waals surface area contributed by atoms with Gasteiger partial charge < -0.3 is 0 Å². The second-order valence-corrected chi connectivity index (χ2v) is 6.53. The van der Waals surface area contributed by atoms with E-state index in [-0.39, 0.29) is 5.43 Å². The molecule has 0 bridgehead atoms. The zero-order chi connectivity index (χ0) is 15.3. The van der Waals surface area contributed by atoms with E-state index in [4.69, 9.17) is 0 Å². The van der Waals surface area contributed by atoms with Gasteiger partial charge in [0.25, 0.3) is 0 Å². The normalized spacial score (nSPS) is 11.4. The third-order valence-electron chi connectivity index (χ3n) is 4.15. The quantitative estimate of drug-likeness (QED) is 0.405. The molecule has 0 saturated heterocycles. The Morgan fingerprint density at radius 1 is 0.682 bits per heavy atom. The predicted octanol–water partition coefficient (Wildman–Crippen LogP) is 5.58. The molecular weight excluding hydrogens is 336 g/mol. The molecule has 0 fully saturated rings. The van der Waals surface area contributed by atoms with E-state index < -0.39 is 0 Å². The summed E-state index contributed by atoms with van der Waals surface area (Å²) in [5.74, 6) is 0. The molecule has 4 rings (SSSR count). The van der Waals surface area contributed by atoms with Crippen LogP contribution < -0.4 is 5.43 Å². The van der Waals surface area contributed by atoms with Crippen LogP contribution in [0.5, 0.6) is 0 Å². The monoisotopic (exact) mass is 348 g/mol. The maximum absolute atomic E-state index is 13.0. The molecule has 0 aliphatic carbocycles. The van der Waals surface area contributed by atoms with Crippen molar-refractivity contribution in [3.8, 4) is 0 Å². The molecule has 0 aromatic heterocycles. The Morgan fingerprint density at radius 2 is 1.32 bits per heavy atom. The Balaban J connectivity index is 2.49. The number of hydrogen-bond donors (Lipinski definition) is 0. The standard InChI is InChI=1S/C20H13BrO/c1-12-6-8-17-18(10-12)15-5-3-2-4-14(15)16-9-7-13(21)11-19(16)20(17)22/h2-11H,1H3. The van der Waals surface area contributed by atoms with Crippen molar-refractivity contribution in [2.45, 2.75) is 6.92 Å². The summed E-state index contributed by atoms with van der Waals surface area (Å²) in [6.07, 6.45) is 0. The van der Waals surface area contributed by atoms with Crippen LogP contribution in [0.1, 0.15) is 5.56 Å². The largest absolute Gasteiger partial charge is 0.289 e. The van der Waals surface area contributed by atoms with E-state index in [1.807, 2.05) is 42.5 Å². The van der Waals surface area contributed by atoms with Gasteiger partial charge in [0.1, 0.15) is 0 Å². The third-order valence-corrected chi connectivity index (χ3v) is 4.65. The molecule has 106 valence electrons. The van der Waals surface area contributed by atoms with Crippen molar-refractivity contribution in [2.75, 3.05) is 0 Å². The highest BCUT2D eigenvalue weighted by molar-refractivity contribution is 9.10. The number of rotatable bonds is 0. The molecule has 1 nitrogen and oxygen atoms in total. The van der Waals surface area contributed by atoms with Crippen molar-refractivity contribution in [3.05, 3.63) is 80.9 Å². The van der Waals surface area contributed by atoms with Crippen molar-refractivity contribution in [2.24, 2.45) is 0 Å². The summed E-state index contributed by atoms with van der Waals surface area (Å²) in [5.41, 5.74) is 1.25. The lowest BCUT2D eigenvalue weighted by atomic mass is 10.0. The highest BCUT2D eigenvalue weighted by Gasteiger charge is 2.09. The molecule has 0 aliphatic heterocycles. The van der Waals surface area contributed by atoms with Gasteiger partial charge in [0.05, 0.1) is 0 Å². The fourth-order valence-corrected chi connectivity index (χ4v) is 3.48. The molecule has 0 atom stereocenters. The minimum absolute atomic E-state index is 0.0856. The van der Waals surface area contributed by atoms with Crippen LogP contribution in [0.25, 0.3) is 32.3 Å². The molecule has 0 heterocycles. The number of fused-ring (bicyclic) bond motifs is 5. The third kappa shape index (κ3) is 1.95. The SMILES string of the molecule is Cc1ccc2c(=O)c3cc(Br)ccc3c3ccccc3c2c1. The van der Waals surface area contributed by atoms with Gasteiger partial charge in [0, 0.05) is 15.2 Å². The van der Waals surface area contributed by atoms with E-state index in [2.05, 4.69) is 41.1 Å². The predicted molar refractivity (Wildman–Crippen MR) is 97.7 cm³/mol. The molecule has 0 amide bonds. The zero-order valence-corrected chi connectivity index (χ0v) is 13.6. The van der Waals surface area contributed by atoms with Gasteiger partial charge in [-0.25, -0.2) is 0 Å². The van der Waals surface area contributed by atoms with Gasteiger partial charge in [-0.1, -0.05) is 70.0 Å². The molecule has 22 heavy (non-hydrogen) atoms. The van der Waals surface area contributed by atoms with Gasteiger partial charge in [-0.15, -0.1) is 0 Å². The molecule has 4 aromatic rings. The Hall–Kier alpha value is -2.19. The topological polar surface area (TPSA) is 17.1 Å². The lowest BCUT2D eigenvalue weighted by Crippen LogP contribution is -1.98. The van der Waals surface area contributed by atoms with Gasteiger partial charge in [-0.3, -0.25) is 4.79 Å².